The van der Waals surface area contributed by atoms with Crippen molar-refractivity contribution in [3.8, 4) is 0 Å². The van der Waals surface area contributed by atoms with Crippen LogP contribution in [0.4, 0.5) is 0 Å². The standard InChI is InChI=1S/C9H8BrClO3S/c1-6-2-3-7(15(11,13)14)4-8(6)9(12)5-10/h2-4H,5H2,1H3. The lowest BCUT2D eigenvalue weighted by Crippen LogP contribution is -2.04. The Bertz CT molecular complexity index is 496. The second-order valence-corrected chi connectivity index (χ2v) is 6.10. The van der Waals surface area contributed by atoms with Crippen LogP contribution in [0.5, 0.6) is 0 Å². The Kier molecular flexibility index (Phi) is 3.92. The summed E-state index contributed by atoms with van der Waals surface area (Å²) in [5, 5.41) is 0.152. The lowest BCUT2D eigenvalue weighted by molar-refractivity contribution is 0.102. The molecule has 0 aliphatic heterocycles. The van der Waals surface area contributed by atoms with Crippen LogP contribution in [0.3, 0.4) is 0 Å². The van der Waals surface area contributed by atoms with Gasteiger partial charge in [-0.1, -0.05) is 22.0 Å². The molecule has 15 heavy (non-hydrogen) atoms. The van der Waals surface area contributed by atoms with Crippen molar-refractivity contribution in [2.24, 2.45) is 0 Å². The molecule has 0 N–H and O–H groups in total. The van der Waals surface area contributed by atoms with Crippen LogP contribution in [0.25, 0.3) is 0 Å². The summed E-state index contributed by atoms with van der Waals surface area (Å²) in [7, 11) is 1.40. The highest BCUT2D eigenvalue weighted by molar-refractivity contribution is 9.09. The van der Waals surface area contributed by atoms with Crippen LogP contribution >= 0.6 is 26.6 Å². The van der Waals surface area contributed by atoms with Crippen LogP contribution in [-0.2, 0) is 9.05 Å². The molecule has 1 aromatic rings. The van der Waals surface area contributed by atoms with E-state index in [1.165, 1.54) is 12.1 Å². The van der Waals surface area contributed by atoms with Gasteiger partial charge >= 0.3 is 0 Å². The third-order valence-corrected chi connectivity index (χ3v) is 3.77. The van der Waals surface area contributed by atoms with Crippen molar-refractivity contribution in [1.29, 1.82) is 0 Å². The van der Waals surface area contributed by atoms with Gasteiger partial charge in [0.05, 0.1) is 10.2 Å². The highest BCUT2D eigenvalue weighted by Crippen LogP contribution is 2.19. The smallest absolute Gasteiger partial charge is 0.261 e. The molecule has 82 valence electrons. The molecule has 0 saturated heterocycles. The number of ketones is 1. The summed E-state index contributed by atoms with van der Waals surface area (Å²) in [5.41, 5.74) is 1.09. The summed E-state index contributed by atoms with van der Waals surface area (Å²) in [6.07, 6.45) is 0. The monoisotopic (exact) mass is 310 g/mol. The number of Topliss-reactive ketones (excluding diaryl/α,β-unsaturated/α-hetero) is 1. The second-order valence-electron chi connectivity index (χ2n) is 2.97. The Hall–Kier alpha value is -0.390. The van der Waals surface area contributed by atoms with Crippen molar-refractivity contribution in [3.05, 3.63) is 29.3 Å². The third kappa shape index (κ3) is 3.03. The third-order valence-electron chi connectivity index (χ3n) is 1.91. The summed E-state index contributed by atoms with van der Waals surface area (Å²) in [4.78, 5) is 11.4. The van der Waals surface area contributed by atoms with Crippen molar-refractivity contribution in [3.63, 3.8) is 0 Å². The number of hydrogen-bond acceptors (Lipinski definition) is 3. The predicted molar refractivity (Wildman–Crippen MR) is 62.3 cm³/mol. The zero-order chi connectivity index (χ0) is 11.6. The molecule has 0 unspecified atom stereocenters. The molecule has 0 amide bonds. The number of benzene rings is 1. The average Bonchev–Trinajstić information content (AvgIpc) is 2.15. The molecular formula is C9H8BrClO3S. The number of halogens is 2. The molecule has 0 heterocycles. The van der Waals surface area contributed by atoms with Crippen LogP contribution in [0.15, 0.2) is 23.1 Å². The average molecular weight is 312 g/mol. The maximum Gasteiger partial charge on any atom is 0.261 e. The molecule has 1 rings (SSSR count). The first-order chi connectivity index (χ1) is 6.86. The SMILES string of the molecule is Cc1ccc(S(=O)(=O)Cl)cc1C(=O)CBr. The van der Waals surface area contributed by atoms with Gasteiger partial charge in [0.15, 0.2) is 5.78 Å². The van der Waals surface area contributed by atoms with E-state index >= 15 is 0 Å². The van der Waals surface area contributed by atoms with E-state index in [-0.39, 0.29) is 16.0 Å². The topological polar surface area (TPSA) is 51.2 Å². The molecule has 0 aliphatic carbocycles. The first kappa shape index (κ1) is 12.7. The van der Waals surface area contributed by atoms with Gasteiger partial charge in [0.1, 0.15) is 0 Å². The zero-order valence-electron chi connectivity index (χ0n) is 7.83. The fourth-order valence-electron chi connectivity index (χ4n) is 1.13. The van der Waals surface area contributed by atoms with Gasteiger partial charge in [0, 0.05) is 16.2 Å². The molecule has 6 heteroatoms. The number of carbonyl (C=O) groups is 1. The van der Waals surface area contributed by atoms with Crippen LogP contribution in [0.1, 0.15) is 15.9 Å². The van der Waals surface area contributed by atoms with Gasteiger partial charge in [-0.05, 0) is 24.6 Å². The largest absolute Gasteiger partial charge is 0.293 e. The van der Waals surface area contributed by atoms with Crippen LogP contribution in [-0.4, -0.2) is 19.5 Å². The Morgan fingerprint density at radius 3 is 2.53 bits per heavy atom. The zero-order valence-corrected chi connectivity index (χ0v) is 11.0. The fraction of sp³-hybridized carbons (Fsp3) is 0.222. The van der Waals surface area contributed by atoms with Crippen molar-refractivity contribution < 1.29 is 13.2 Å². The second kappa shape index (κ2) is 4.63. The number of carbonyl (C=O) groups excluding carboxylic acids is 1. The molecule has 0 spiro atoms. The van der Waals surface area contributed by atoms with Crippen molar-refractivity contribution in [2.45, 2.75) is 11.8 Å². The molecule has 3 nitrogen and oxygen atoms in total. The lowest BCUT2D eigenvalue weighted by Gasteiger charge is -2.04. The summed E-state index contributed by atoms with van der Waals surface area (Å²) < 4.78 is 22.1. The predicted octanol–water partition coefficient (Wildman–Crippen LogP) is 2.50. The first-order valence-electron chi connectivity index (χ1n) is 4.00. The van der Waals surface area contributed by atoms with Gasteiger partial charge in [-0.15, -0.1) is 0 Å². The number of hydrogen-bond donors (Lipinski definition) is 0. The van der Waals surface area contributed by atoms with Crippen molar-refractivity contribution >= 4 is 41.4 Å². The molecule has 0 bridgehead atoms. The lowest BCUT2D eigenvalue weighted by atomic mass is 10.1. The van der Waals surface area contributed by atoms with E-state index in [0.29, 0.717) is 5.56 Å². The minimum atomic E-state index is -3.78. The molecule has 0 aliphatic rings. The van der Waals surface area contributed by atoms with E-state index < -0.39 is 9.05 Å². The van der Waals surface area contributed by atoms with Gasteiger partial charge in [-0.2, -0.15) is 0 Å². The van der Waals surface area contributed by atoms with Crippen LogP contribution < -0.4 is 0 Å². The Morgan fingerprint density at radius 2 is 2.07 bits per heavy atom. The highest BCUT2D eigenvalue weighted by Gasteiger charge is 2.14. The first-order valence-corrected chi connectivity index (χ1v) is 7.44. The maximum absolute atomic E-state index is 11.4. The van der Waals surface area contributed by atoms with Crippen LogP contribution in [0.2, 0.25) is 0 Å². The van der Waals surface area contributed by atoms with Crippen molar-refractivity contribution in [2.75, 3.05) is 5.33 Å². The fourth-order valence-corrected chi connectivity index (χ4v) is 2.20. The molecule has 1 aromatic carbocycles. The summed E-state index contributed by atoms with van der Waals surface area (Å²) in [6.45, 7) is 1.74. The molecule has 0 saturated carbocycles. The van der Waals surface area contributed by atoms with Gasteiger partial charge in [-0.25, -0.2) is 8.42 Å². The van der Waals surface area contributed by atoms with E-state index in [1.54, 1.807) is 13.0 Å². The quantitative estimate of drug-likeness (QED) is 0.489. The number of aryl methyl sites for hydroxylation is 1. The minimum Gasteiger partial charge on any atom is -0.293 e. The maximum atomic E-state index is 11.4. The summed E-state index contributed by atoms with van der Waals surface area (Å²) in [6, 6.07) is 4.23. The molecular weight excluding hydrogens is 304 g/mol. The minimum absolute atomic E-state index is 0.0564. The van der Waals surface area contributed by atoms with E-state index in [9.17, 15) is 13.2 Å². The molecule has 0 atom stereocenters. The van der Waals surface area contributed by atoms with Gasteiger partial charge in [0.2, 0.25) is 0 Å². The Morgan fingerprint density at radius 1 is 1.47 bits per heavy atom. The Balaban J connectivity index is 3.36. The van der Waals surface area contributed by atoms with E-state index in [0.717, 1.165) is 5.56 Å². The number of rotatable bonds is 3. The normalized spacial score (nSPS) is 11.4. The Labute approximate surface area is 101 Å². The van der Waals surface area contributed by atoms with Gasteiger partial charge in [0.25, 0.3) is 9.05 Å². The summed E-state index contributed by atoms with van der Waals surface area (Å²) >= 11 is 3.03. The molecule has 0 radical (unpaired) electrons. The summed E-state index contributed by atoms with van der Waals surface area (Å²) in [5.74, 6) is -0.172. The van der Waals surface area contributed by atoms with Crippen molar-refractivity contribution in [1.82, 2.24) is 0 Å². The number of alkyl halides is 1. The van der Waals surface area contributed by atoms with Crippen LogP contribution in [0, 0.1) is 6.92 Å². The highest BCUT2D eigenvalue weighted by atomic mass is 79.9. The van der Waals surface area contributed by atoms with Gasteiger partial charge in [-0.3, -0.25) is 4.79 Å². The van der Waals surface area contributed by atoms with Gasteiger partial charge < -0.3 is 0 Å². The molecule has 0 aromatic heterocycles. The molecule has 0 fully saturated rings. The van der Waals surface area contributed by atoms with E-state index in [1.807, 2.05) is 0 Å². The van der Waals surface area contributed by atoms with E-state index in [2.05, 4.69) is 15.9 Å². The van der Waals surface area contributed by atoms with E-state index in [4.69, 9.17) is 10.7 Å².